The van der Waals surface area contributed by atoms with E-state index in [1.165, 1.54) is 4.52 Å². The van der Waals surface area contributed by atoms with Gasteiger partial charge in [0.1, 0.15) is 0 Å². The molecule has 2 saturated heterocycles. The number of hydrogen-bond donors (Lipinski definition) is 1. The summed E-state index contributed by atoms with van der Waals surface area (Å²) >= 11 is 0. The van der Waals surface area contributed by atoms with Crippen LogP contribution in [-0.4, -0.2) is 45.2 Å². The van der Waals surface area contributed by atoms with Crippen molar-refractivity contribution in [2.24, 2.45) is 5.92 Å². The Morgan fingerprint density at radius 2 is 2.16 bits per heavy atom. The zero-order valence-electron chi connectivity index (χ0n) is 14.7. The summed E-state index contributed by atoms with van der Waals surface area (Å²) in [5.41, 5.74) is 2.82. The number of aromatic nitrogens is 3. The summed E-state index contributed by atoms with van der Waals surface area (Å²) in [4.78, 5) is 31.9. The number of aryl methyl sites for hydroxylation is 1. The Kier molecular flexibility index (Phi) is 4.11. The average Bonchev–Trinajstić information content (AvgIpc) is 3.29. The number of likely N-dealkylation sites (tertiary alicyclic amines) is 1. The fourth-order valence-corrected chi connectivity index (χ4v) is 3.89. The molecule has 1 N–H and O–H groups in total. The second-order valence-corrected chi connectivity index (χ2v) is 7.14. The smallest absolute Gasteiger partial charge is 0.275 e. The molecule has 0 spiro atoms. The number of amides is 1. The number of H-pyrrole nitrogens is 1. The van der Waals surface area contributed by atoms with E-state index in [2.05, 4.69) is 10.1 Å². The second kappa shape index (κ2) is 6.29. The van der Waals surface area contributed by atoms with Gasteiger partial charge in [-0.15, -0.1) is 0 Å². The summed E-state index contributed by atoms with van der Waals surface area (Å²) in [6.45, 7) is 5.58. The minimum Gasteiger partial charge on any atom is -0.381 e. The lowest BCUT2D eigenvalue weighted by Gasteiger charge is -2.36. The van der Waals surface area contributed by atoms with E-state index in [9.17, 15) is 9.59 Å². The van der Waals surface area contributed by atoms with Gasteiger partial charge in [-0.25, -0.2) is 9.50 Å². The quantitative estimate of drug-likeness (QED) is 0.900. The van der Waals surface area contributed by atoms with E-state index in [1.54, 1.807) is 6.92 Å². The molecule has 0 aliphatic carbocycles. The number of hydrogen-bond acceptors (Lipinski definition) is 4. The third-order valence-corrected chi connectivity index (χ3v) is 5.53. The fourth-order valence-electron chi connectivity index (χ4n) is 3.89. The van der Waals surface area contributed by atoms with Crippen LogP contribution in [0.1, 0.15) is 48.7 Å². The third-order valence-electron chi connectivity index (χ3n) is 5.53. The van der Waals surface area contributed by atoms with Gasteiger partial charge in [0.15, 0.2) is 5.65 Å². The van der Waals surface area contributed by atoms with Gasteiger partial charge in [0.05, 0.1) is 24.3 Å². The van der Waals surface area contributed by atoms with E-state index in [0.717, 1.165) is 43.6 Å². The number of nitrogens with zero attached hydrogens (tertiary/aromatic N) is 3. The van der Waals surface area contributed by atoms with Crippen molar-refractivity contribution in [3.05, 3.63) is 33.4 Å². The molecule has 2 atom stereocenters. The van der Waals surface area contributed by atoms with E-state index < -0.39 is 0 Å². The Labute approximate surface area is 146 Å². The first-order valence-electron chi connectivity index (χ1n) is 9.03. The van der Waals surface area contributed by atoms with Crippen LogP contribution in [0.3, 0.4) is 0 Å². The molecule has 134 valence electrons. The molecule has 2 aromatic heterocycles. The monoisotopic (exact) mass is 344 g/mol. The van der Waals surface area contributed by atoms with Gasteiger partial charge in [0, 0.05) is 30.5 Å². The van der Waals surface area contributed by atoms with Crippen LogP contribution in [-0.2, 0) is 9.53 Å². The van der Waals surface area contributed by atoms with Crippen molar-refractivity contribution in [1.82, 2.24) is 19.5 Å². The highest BCUT2D eigenvalue weighted by Crippen LogP contribution is 2.32. The normalized spacial score (nSPS) is 24.2. The average molecular weight is 344 g/mol. The highest BCUT2D eigenvalue weighted by atomic mass is 16.5. The summed E-state index contributed by atoms with van der Waals surface area (Å²) in [6.07, 6.45) is 3.80. The zero-order chi connectivity index (χ0) is 17.6. The summed E-state index contributed by atoms with van der Waals surface area (Å²) in [5.74, 6) is 0.142. The number of rotatable bonds is 2. The Bertz CT molecular complexity index is 863. The van der Waals surface area contributed by atoms with Crippen molar-refractivity contribution < 1.29 is 9.53 Å². The molecule has 2 aliphatic heterocycles. The highest BCUT2D eigenvalue weighted by molar-refractivity contribution is 5.79. The number of carbonyl (C=O) groups excluding carboxylic acids is 1. The van der Waals surface area contributed by atoms with E-state index in [4.69, 9.17) is 4.74 Å². The van der Waals surface area contributed by atoms with Crippen LogP contribution in [0.5, 0.6) is 0 Å². The standard InChI is InChI=1S/C18H24N4O3/c1-11-12(2)19-16-9-14(20-22(16)17(11)23)15-5-3-4-7-21(15)18(24)13-6-8-25-10-13/h9,13,15,20H,3-8,10H2,1-2H3. The van der Waals surface area contributed by atoms with Gasteiger partial charge in [-0.2, -0.15) is 0 Å². The van der Waals surface area contributed by atoms with Gasteiger partial charge in [0.25, 0.3) is 5.56 Å². The van der Waals surface area contributed by atoms with E-state index in [1.807, 2.05) is 17.9 Å². The number of fused-ring (bicyclic) bond motifs is 1. The van der Waals surface area contributed by atoms with Crippen molar-refractivity contribution in [3.8, 4) is 0 Å². The van der Waals surface area contributed by atoms with Gasteiger partial charge >= 0.3 is 0 Å². The lowest BCUT2D eigenvalue weighted by Crippen LogP contribution is -2.42. The number of carbonyl (C=O) groups is 1. The third kappa shape index (κ3) is 2.76. The molecule has 0 radical (unpaired) electrons. The maximum Gasteiger partial charge on any atom is 0.275 e. The number of ether oxygens (including phenoxy) is 1. The van der Waals surface area contributed by atoms with Crippen LogP contribution < -0.4 is 5.56 Å². The van der Waals surface area contributed by atoms with Crippen LogP contribution in [0, 0.1) is 19.8 Å². The minimum absolute atomic E-state index is 0.0245. The van der Waals surface area contributed by atoms with E-state index in [0.29, 0.717) is 24.4 Å². The van der Waals surface area contributed by atoms with Crippen LogP contribution in [0.2, 0.25) is 0 Å². The van der Waals surface area contributed by atoms with Crippen molar-refractivity contribution in [2.75, 3.05) is 19.8 Å². The molecule has 2 fully saturated rings. The molecule has 7 nitrogen and oxygen atoms in total. The van der Waals surface area contributed by atoms with Crippen LogP contribution in [0.15, 0.2) is 10.9 Å². The Morgan fingerprint density at radius 1 is 1.32 bits per heavy atom. The van der Waals surface area contributed by atoms with E-state index >= 15 is 0 Å². The van der Waals surface area contributed by atoms with Crippen molar-refractivity contribution in [1.29, 1.82) is 0 Å². The largest absolute Gasteiger partial charge is 0.381 e. The van der Waals surface area contributed by atoms with Crippen molar-refractivity contribution >= 4 is 11.6 Å². The van der Waals surface area contributed by atoms with Crippen LogP contribution in [0.25, 0.3) is 5.65 Å². The number of piperidine rings is 1. The molecular weight excluding hydrogens is 320 g/mol. The lowest BCUT2D eigenvalue weighted by molar-refractivity contribution is -0.139. The maximum atomic E-state index is 12.9. The molecule has 0 aromatic carbocycles. The summed E-state index contributed by atoms with van der Waals surface area (Å²) in [6, 6.07) is 1.89. The van der Waals surface area contributed by atoms with Gasteiger partial charge in [0.2, 0.25) is 5.91 Å². The predicted octanol–water partition coefficient (Wildman–Crippen LogP) is 1.73. The maximum absolute atomic E-state index is 12.9. The molecule has 2 aromatic rings. The number of aromatic amines is 1. The molecule has 0 bridgehead atoms. The van der Waals surface area contributed by atoms with Gasteiger partial charge in [-0.05, 0) is 39.5 Å². The minimum atomic E-state index is -0.0772. The molecule has 1 amide bonds. The first-order chi connectivity index (χ1) is 12.1. The van der Waals surface area contributed by atoms with Crippen molar-refractivity contribution in [3.63, 3.8) is 0 Å². The van der Waals surface area contributed by atoms with Gasteiger partial charge in [-0.3, -0.25) is 14.7 Å². The van der Waals surface area contributed by atoms with Gasteiger partial charge < -0.3 is 9.64 Å². The predicted molar refractivity (Wildman–Crippen MR) is 92.5 cm³/mol. The number of nitrogens with one attached hydrogen (secondary N) is 1. The summed E-state index contributed by atoms with van der Waals surface area (Å²) in [7, 11) is 0. The zero-order valence-corrected chi connectivity index (χ0v) is 14.7. The molecule has 4 heterocycles. The molecule has 25 heavy (non-hydrogen) atoms. The molecule has 2 unspecified atom stereocenters. The SMILES string of the molecule is Cc1nc2cc(C3CCCCN3C(=O)C3CCOC3)[nH]n2c(=O)c1C. The Hall–Kier alpha value is -2.15. The van der Waals surface area contributed by atoms with E-state index in [-0.39, 0.29) is 23.4 Å². The Balaban J connectivity index is 1.71. The van der Waals surface area contributed by atoms with Gasteiger partial charge in [-0.1, -0.05) is 0 Å². The highest BCUT2D eigenvalue weighted by Gasteiger charge is 2.35. The molecule has 7 heteroatoms. The van der Waals surface area contributed by atoms with Crippen LogP contribution in [0.4, 0.5) is 0 Å². The lowest BCUT2D eigenvalue weighted by atomic mass is 9.96. The Morgan fingerprint density at radius 3 is 2.92 bits per heavy atom. The first kappa shape index (κ1) is 16.3. The molecule has 4 rings (SSSR count). The van der Waals surface area contributed by atoms with Crippen molar-refractivity contribution in [2.45, 2.75) is 45.6 Å². The van der Waals surface area contributed by atoms with Crippen LogP contribution >= 0.6 is 0 Å². The fraction of sp³-hybridized carbons (Fsp3) is 0.611. The summed E-state index contributed by atoms with van der Waals surface area (Å²) < 4.78 is 6.88. The topological polar surface area (TPSA) is 79.7 Å². The molecule has 0 saturated carbocycles. The molecular formula is C18H24N4O3. The molecule has 2 aliphatic rings. The summed E-state index contributed by atoms with van der Waals surface area (Å²) in [5, 5.41) is 3.19. The first-order valence-corrected chi connectivity index (χ1v) is 9.03. The second-order valence-electron chi connectivity index (χ2n) is 7.14.